The molecule has 0 radical (unpaired) electrons. The highest BCUT2D eigenvalue weighted by atomic mass is 32.2. The van der Waals surface area contributed by atoms with Crippen molar-refractivity contribution in [2.45, 2.75) is 189 Å². The zero-order valence-corrected chi connectivity index (χ0v) is 55.7. The number of rotatable bonds is 18. The second kappa shape index (κ2) is 38.3. The zero-order chi connectivity index (χ0) is 68.2. The number of H-pyrrole nitrogens is 1. The number of nitrogens with two attached hydrogens (primary N) is 1. The van der Waals surface area contributed by atoms with Gasteiger partial charge < -0.3 is 62.7 Å². The van der Waals surface area contributed by atoms with Gasteiger partial charge in [-0.25, -0.2) is 4.39 Å². The molecule has 4 aromatic rings. The third-order valence-corrected chi connectivity index (χ3v) is 18.9. The maximum Gasteiger partial charge on any atom is 0.246 e. The Morgan fingerprint density at radius 2 is 1.38 bits per heavy atom. The van der Waals surface area contributed by atoms with Crippen molar-refractivity contribution >= 4 is 87.5 Å². The molecule has 1 saturated heterocycles. The Balaban J connectivity index is 1.35. The van der Waals surface area contributed by atoms with Crippen molar-refractivity contribution in [2.75, 3.05) is 38.2 Å². The number of unbranched alkanes of at least 4 members (excludes halogenated alkanes) is 3. The summed E-state index contributed by atoms with van der Waals surface area (Å²) < 4.78 is 20.2. The number of ether oxygens (including phenoxy) is 1. The fraction of sp³-hybridized carbons (Fsp3) is 0.537. The van der Waals surface area contributed by atoms with Crippen LogP contribution in [-0.2, 0) is 67.5 Å². The molecule has 24 nitrogen and oxygen atoms in total. The molecule has 0 aliphatic carbocycles. The van der Waals surface area contributed by atoms with Gasteiger partial charge in [-0.1, -0.05) is 36.4 Å². The average Bonchev–Trinajstić information content (AvgIpc) is 1.55. The second-order valence-corrected chi connectivity index (χ2v) is 26.2. The molecule has 2 bridgehead atoms. The molecule has 508 valence electrons. The number of carbonyl (C=O) groups excluding carboxylic acids is 9. The largest absolute Gasteiger partial charge is 0.497 e. The van der Waals surface area contributed by atoms with Crippen molar-refractivity contribution < 1.29 is 57.4 Å². The molecule has 0 spiro atoms. The monoisotopic (exact) mass is 1340 g/mol. The van der Waals surface area contributed by atoms with E-state index in [1.807, 2.05) is 18.2 Å². The average molecular weight is 1340 g/mol. The van der Waals surface area contributed by atoms with Gasteiger partial charge in [0.1, 0.15) is 71.0 Å². The van der Waals surface area contributed by atoms with E-state index >= 15 is 4.79 Å². The van der Waals surface area contributed by atoms with Crippen molar-refractivity contribution in [1.29, 1.82) is 5.53 Å². The summed E-state index contributed by atoms with van der Waals surface area (Å²) in [5, 5.41) is 34.4. The molecule has 3 heterocycles. The summed E-state index contributed by atoms with van der Waals surface area (Å²) in [7, 11) is 1.51. The molecular formula is C67H91FN13O11S2+. The van der Waals surface area contributed by atoms with Gasteiger partial charge in [0.05, 0.1) is 18.8 Å². The number of aromatic nitrogens is 1. The minimum atomic E-state index is -1.73. The molecule has 0 unspecified atom stereocenters. The lowest BCUT2D eigenvalue weighted by Crippen LogP contribution is -2.62. The summed E-state index contributed by atoms with van der Waals surface area (Å²) in [5.41, 5.74) is 15.3. The van der Waals surface area contributed by atoms with Crippen LogP contribution in [0.15, 0.2) is 78.0 Å². The molecule has 0 saturated carbocycles. The predicted molar refractivity (Wildman–Crippen MR) is 358 cm³/mol. The predicted octanol–water partition coefficient (Wildman–Crippen LogP) is 4.85. The highest BCUT2D eigenvalue weighted by Crippen LogP contribution is 2.33. The number of hydrogen-bond donors (Lipinski definition) is 11. The Morgan fingerprint density at radius 3 is 2.06 bits per heavy atom. The summed E-state index contributed by atoms with van der Waals surface area (Å²) in [4.78, 5) is 138. The first kappa shape index (κ1) is 74.9. The third kappa shape index (κ3) is 22.8. The van der Waals surface area contributed by atoms with Crippen LogP contribution in [0.3, 0.4) is 0 Å². The van der Waals surface area contributed by atoms with Gasteiger partial charge >= 0.3 is 0 Å². The maximum atomic E-state index is 15.0. The van der Waals surface area contributed by atoms with Crippen LogP contribution in [0.5, 0.6) is 5.75 Å². The Labute approximate surface area is 556 Å². The summed E-state index contributed by atoms with van der Waals surface area (Å²) in [5.74, 6) is -1.31. The SMILES string of the molecule is C#CCCC[C@@H]1NC(=O)[C@H](Cc2c[nH]c3ccc(F)cc23)NC(=O)[C@H](CCCCN=[N+]=N)NC(=O)[C@@H](C)NC(=O)[C@H](CCCCN)NC(=O)CCSCc2cccc(c2)CSCCCC(=O)[C@]2(C)CCCN2C(=O)[C@H](Cc2ccc(OC)cc2)NC(=O)[C@H]([C@H](C)O)NC1=O. The number of ketones is 1. The molecular weight excluding hydrogens is 1250 g/mol. The van der Waals surface area contributed by atoms with Crippen molar-refractivity contribution in [3.8, 4) is 18.1 Å². The van der Waals surface area contributed by atoms with Crippen LogP contribution in [-0.4, -0.2) is 160 Å². The van der Waals surface area contributed by atoms with Crippen LogP contribution in [0.2, 0.25) is 0 Å². The number of aliphatic hydroxyl groups excluding tert-OH is 1. The molecule has 2 aliphatic heterocycles. The van der Waals surface area contributed by atoms with Crippen molar-refractivity contribution in [2.24, 2.45) is 10.8 Å². The minimum absolute atomic E-state index is 0.0410. The highest BCUT2D eigenvalue weighted by Gasteiger charge is 2.47. The first-order chi connectivity index (χ1) is 45.2. The molecule has 12 N–H and O–H groups in total. The Hall–Kier alpha value is -8.15. The molecule has 6 rings (SSSR count). The van der Waals surface area contributed by atoms with Gasteiger partial charge in [0.2, 0.25) is 52.2 Å². The number of carbonyl (C=O) groups is 9. The number of aromatic amines is 1. The van der Waals surface area contributed by atoms with Crippen LogP contribution in [0.1, 0.15) is 133 Å². The molecule has 2 aliphatic rings. The molecule has 9 atom stereocenters. The van der Waals surface area contributed by atoms with Gasteiger partial charge in [-0.2, -0.15) is 23.5 Å². The lowest BCUT2D eigenvalue weighted by Gasteiger charge is -2.37. The number of methoxy groups -OCH3 is 1. The quantitative estimate of drug-likeness (QED) is 0.0275. The molecule has 27 heteroatoms. The minimum Gasteiger partial charge on any atom is -0.497 e. The number of halogens is 1. The molecule has 1 aromatic heterocycles. The van der Waals surface area contributed by atoms with Gasteiger partial charge in [-0.3, -0.25) is 43.2 Å². The van der Waals surface area contributed by atoms with Crippen LogP contribution in [0.25, 0.3) is 10.9 Å². The van der Waals surface area contributed by atoms with E-state index in [2.05, 4.69) is 64.2 Å². The van der Waals surface area contributed by atoms with Crippen LogP contribution in [0, 0.1) is 23.7 Å². The zero-order valence-electron chi connectivity index (χ0n) is 54.0. The number of nitrogens with zero attached hydrogens (tertiary/aromatic N) is 3. The number of nitrogens with one attached hydrogen (secondary N) is 9. The molecule has 8 amide bonds. The van der Waals surface area contributed by atoms with E-state index in [4.69, 9.17) is 22.4 Å². The van der Waals surface area contributed by atoms with Gasteiger partial charge in [-0.05, 0) is 156 Å². The van der Waals surface area contributed by atoms with E-state index in [1.54, 1.807) is 54.7 Å². The third-order valence-electron chi connectivity index (χ3n) is 16.8. The van der Waals surface area contributed by atoms with Crippen molar-refractivity contribution in [3.05, 3.63) is 101 Å². The van der Waals surface area contributed by atoms with Crippen molar-refractivity contribution in [3.63, 3.8) is 0 Å². The number of fused-ring (bicyclic) bond motifs is 4. The van der Waals surface area contributed by atoms with Crippen molar-refractivity contribution in [1.82, 2.24) is 52.0 Å². The molecule has 1 fully saturated rings. The van der Waals surface area contributed by atoms with E-state index in [1.165, 1.54) is 50.3 Å². The molecule has 94 heavy (non-hydrogen) atoms. The number of thioether (sulfide) groups is 2. The number of Topliss-reactive ketones (excluding diaryl/α,β-unsaturated/α-hetero) is 1. The van der Waals surface area contributed by atoms with E-state index in [9.17, 15) is 47.9 Å². The number of benzene rings is 3. The van der Waals surface area contributed by atoms with Crippen LogP contribution < -0.4 is 52.6 Å². The maximum absolute atomic E-state index is 15.0. The van der Waals surface area contributed by atoms with E-state index in [0.29, 0.717) is 95.9 Å². The summed E-state index contributed by atoms with van der Waals surface area (Å²) in [6.07, 6.45) is 8.97. The number of terminal acetylenes is 1. The first-order valence-electron chi connectivity index (χ1n) is 32.1. The lowest BCUT2D eigenvalue weighted by molar-refractivity contribution is -0.146. The normalized spacial score (nSPS) is 23.7. The summed E-state index contributed by atoms with van der Waals surface area (Å²) in [6, 6.07) is 9.21. The molecule has 3 aromatic carbocycles. The topological polar surface area (TPSA) is 363 Å². The number of hydrogen-bond acceptors (Lipinski definition) is 16. The summed E-state index contributed by atoms with van der Waals surface area (Å²) in [6.45, 7) is 5.11. The number of amides is 8. The fourth-order valence-corrected chi connectivity index (χ4v) is 13.2. The first-order valence-corrected chi connectivity index (χ1v) is 34.4. The Bertz CT molecular complexity index is 3340. The lowest BCUT2D eigenvalue weighted by atomic mass is 9.89. The van der Waals surface area contributed by atoms with Gasteiger partial charge in [0, 0.05) is 73.0 Å². The number of aliphatic hydroxyl groups is 1. The summed E-state index contributed by atoms with van der Waals surface area (Å²) >= 11 is 3.23. The van der Waals surface area contributed by atoms with E-state index < -0.39 is 101 Å². The Morgan fingerprint density at radius 1 is 0.755 bits per heavy atom. The van der Waals surface area contributed by atoms with Gasteiger partial charge in [0.15, 0.2) is 5.78 Å². The Kier molecular flexibility index (Phi) is 30.5. The van der Waals surface area contributed by atoms with Crippen LogP contribution in [0.4, 0.5) is 4.39 Å². The fourth-order valence-electron chi connectivity index (χ4n) is 11.4. The van der Waals surface area contributed by atoms with Gasteiger partial charge in [0.25, 0.3) is 0 Å². The second-order valence-electron chi connectivity index (χ2n) is 24.0. The smallest absolute Gasteiger partial charge is 0.246 e. The van der Waals surface area contributed by atoms with Crippen LogP contribution >= 0.6 is 23.5 Å². The van der Waals surface area contributed by atoms with E-state index in [0.717, 1.165) is 11.1 Å². The standard InChI is InChI=1S/C67H90FN13O11S2/c1-6-7-8-18-54-63(88)79-59(43(3)82)65(90)78-56(36-44-22-25-49(92-5)26-23-44)66(91)81-32-15-29-67(81,4)57(83)21-14-33-93-40-45-16-13-17-46(35-45)41-94-34-28-58(84)74-52(19-9-11-30-69)61(86)73-42(2)60(85)75-53(20-10-12-31-72-80-70)62(87)77-55(64(89)76-54)37-47-39-71-51-27-24-48(68)38-50(47)51/h1,13,16-17,22-27,35,38-39,42-43,52-56,59,70-71,82H,7-12,14-15,18-21,28-34,36-37,40-41,69H2,2-5H3,(H6-,73,74,75,76,77,78,79,84,85,86,87,88,89,90)/p+1/t42-,43+,52+,53+,54+,55+,56+,59+,67+/m1/s1. The highest BCUT2D eigenvalue weighted by molar-refractivity contribution is 7.98. The van der Waals surface area contributed by atoms with Gasteiger partial charge in [-0.15, -0.1) is 12.3 Å². The van der Waals surface area contributed by atoms with E-state index in [-0.39, 0.29) is 89.0 Å².